The second kappa shape index (κ2) is 12.9. The van der Waals surface area contributed by atoms with Crippen LogP contribution in [0.1, 0.15) is 19.3 Å². The zero-order valence-electron chi connectivity index (χ0n) is 10.5. The van der Waals surface area contributed by atoms with Gasteiger partial charge in [-0.2, -0.15) is 0 Å². The van der Waals surface area contributed by atoms with E-state index in [9.17, 15) is 4.79 Å². The number of hydrogen-bond donors (Lipinski definition) is 0. The van der Waals surface area contributed by atoms with E-state index in [-0.39, 0.29) is 6.10 Å². The first-order valence-electron chi connectivity index (χ1n) is 5.83. The van der Waals surface area contributed by atoms with E-state index in [2.05, 4.69) is 6.58 Å². The van der Waals surface area contributed by atoms with Gasteiger partial charge in [0.05, 0.1) is 19.3 Å². The molecule has 0 amide bonds. The lowest BCUT2D eigenvalue weighted by molar-refractivity contribution is -0.108. The zero-order chi connectivity index (χ0) is 12.8. The number of hydrogen-bond acceptors (Lipinski definition) is 3. The van der Waals surface area contributed by atoms with Gasteiger partial charge in [0.2, 0.25) is 0 Å². The van der Waals surface area contributed by atoms with E-state index >= 15 is 0 Å². The summed E-state index contributed by atoms with van der Waals surface area (Å²) in [7, 11) is 1.64. The fraction of sp³-hybridized carbons (Fsp3) is 0.500. The molecule has 0 saturated carbocycles. The number of methoxy groups -OCH3 is 1. The minimum absolute atomic E-state index is 0.0184. The van der Waals surface area contributed by atoms with E-state index in [4.69, 9.17) is 9.47 Å². The summed E-state index contributed by atoms with van der Waals surface area (Å²) < 4.78 is 10.6. The first-order valence-corrected chi connectivity index (χ1v) is 5.83. The minimum Gasteiger partial charge on any atom is -0.379 e. The Balaban J connectivity index is 3.47. The molecule has 0 saturated heterocycles. The Morgan fingerprint density at radius 3 is 2.71 bits per heavy atom. The lowest BCUT2D eigenvalue weighted by Crippen LogP contribution is -2.18. The van der Waals surface area contributed by atoms with Crippen molar-refractivity contribution in [1.29, 1.82) is 0 Å². The van der Waals surface area contributed by atoms with Gasteiger partial charge in [-0.25, -0.2) is 0 Å². The Kier molecular flexibility index (Phi) is 12.0. The summed E-state index contributed by atoms with van der Waals surface area (Å²) in [6.07, 6.45) is 12.6. The van der Waals surface area contributed by atoms with Crippen LogP contribution in [0.2, 0.25) is 0 Å². The molecule has 0 radical (unpaired) electrons. The molecule has 17 heavy (non-hydrogen) atoms. The SMILES string of the molecule is C=CC=CC=CCCOCC(CCC=O)OC. The summed E-state index contributed by atoms with van der Waals surface area (Å²) in [6, 6.07) is 0. The molecule has 0 aliphatic rings. The third kappa shape index (κ3) is 11.1. The van der Waals surface area contributed by atoms with Crippen LogP contribution in [0.5, 0.6) is 0 Å². The van der Waals surface area contributed by atoms with Gasteiger partial charge >= 0.3 is 0 Å². The molecule has 0 aliphatic carbocycles. The number of aldehydes is 1. The van der Waals surface area contributed by atoms with Gasteiger partial charge in [0.1, 0.15) is 6.29 Å². The number of carbonyl (C=O) groups excluding carboxylic acids is 1. The molecule has 1 unspecified atom stereocenters. The van der Waals surface area contributed by atoms with Gasteiger partial charge in [-0.1, -0.05) is 37.0 Å². The van der Waals surface area contributed by atoms with Gasteiger partial charge in [0.15, 0.2) is 0 Å². The zero-order valence-corrected chi connectivity index (χ0v) is 10.5. The molecule has 0 aromatic heterocycles. The smallest absolute Gasteiger partial charge is 0.120 e. The van der Waals surface area contributed by atoms with Crippen LogP contribution in [0.3, 0.4) is 0 Å². The molecule has 3 nitrogen and oxygen atoms in total. The topological polar surface area (TPSA) is 35.5 Å². The van der Waals surface area contributed by atoms with E-state index in [1.54, 1.807) is 13.2 Å². The number of rotatable bonds is 11. The molecule has 0 rings (SSSR count). The average Bonchev–Trinajstić information content (AvgIpc) is 2.36. The highest BCUT2D eigenvalue weighted by Gasteiger charge is 2.05. The van der Waals surface area contributed by atoms with Crippen molar-refractivity contribution in [2.45, 2.75) is 25.4 Å². The fourth-order valence-electron chi connectivity index (χ4n) is 1.21. The van der Waals surface area contributed by atoms with Crippen molar-refractivity contribution in [2.75, 3.05) is 20.3 Å². The first-order chi connectivity index (χ1) is 8.35. The predicted octanol–water partition coefficient (Wildman–Crippen LogP) is 2.69. The number of allylic oxidation sites excluding steroid dienone is 4. The van der Waals surface area contributed by atoms with Crippen LogP contribution in [0, 0.1) is 0 Å². The number of ether oxygens (including phenoxy) is 2. The van der Waals surface area contributed by atoms with Gasteiger partial charge < -0.3 is 14.3 Å². The van der Waals surface area contributed by atoms with Crippen LogP contribution in [0.4, 0.5) is 0 Å². The summed E-state index contributed by atoms with van der Waals surface area (Å²) in [4.78, 5) is 10.2. The lowest BCUT2D eigenvalue weighted by atomic mass is 10.2. The molecule has 96 valence electrons. The van der Waals surface area contributed by atoms with Crippen molar-refractivity contribution < 1.29 is 14.3 Å². The van der Waals surface area contributed by atoms with Crippen LogP contribution >= 0.6 is 0 Å². The summed E-state index contributed by atoms with van der Waals surface area (Å²) in [5.74, 6) is 0. The van der Waals surface area contributed by atoms with Gasteiger partial charge in [-0.15, -0.1) is 0 Å². The Bertz CT molecular complexity index is 244. The summed E-state index contributed by atoms with van der Waals surface area (Å²) in [5.41, 5.74) is 0. The van der Waals surface area contributed by atoms with E-state index in [0.29, 0.717) is 19.6 Å². The highest BCUT2D eigenvalue weighted by atomic mass is 16.5. The molecule has 0 bridgehead atoms. The summed E-state index contributed by atoms with van der Waals surface area (Å²) >= 11 is 0. The van der Waals surface area contributed by atoms with Crippen molar-refractivity contribution in [1.82, 2.24) is 0 Å². The molecule has 1 atom stereocenters. The summed E-state index contributed by atoms with van der Waals surface area (Å²) in [5, 5.41) is 0. The Morgan fingerprint density at radius 2 is 2.06 bits per heavy atom. The highest BCUT2D eigenvalue weighted by molar-refractivity contribution is 5.49. The van der Waals surface area contributed by atoms with E-state index in [1.165, 1.54) is 0 Å². The predicted molar refractivity (Wildman–Crippen MR) is 70.0 cm³/mol. The monoisotopic (exact) mass is 238 g/mol. The standard InChI is InChI=1S/C14H22O3/c1-3-4-5-6-7-8-12-17-13-14(16-2)10-9-11-15/h3-7,11,14H,1,8-10,12-13H2,2H3. The molecule has 3 heteroatoms. The van der Waals surface area contributed by atoms with Crippen molar-refractivity contribution >= 4 is 6.29 Å². The van der Waals surface area contributed by atoms with Crippen LogP contribution < -0.4 is 0 Å². The Morgan fingerprint density at radius 1 is 1.24 bits per heavy atom. The van der Waals surface area contributed by atoms with E-state index in [0.717, 1.165) is 19.1 Å². The van der Waals surface area contributed by atoms with Crippen molar-refractivity contribution in [3.8, 4) is 0 Å². The second-order valence-corrected chi connectivity index (χ2v) is 3.51. The number of carbonyl (C=O) groups is 1. The maximum atomic E-state index is 10.2. The quantitative estimate of drug-likeness (QED) is 0.315. The van der Waals surface area contributed by atoms with Gasteiger partial charge in [0.25, 0.3) is 0 Å². The fourth-order valence-corrected chi connectivity index (χ4v) is 1.21. The maximum absolute atomic E-state index is 10.2. The van der Waals surface area contributed by atoms with E-state index in [1.807, 2.05) is 24.3 Å². The molecule has 0 aromatic rings. The van der Waals surface area contributed by atoms with Crippen molar-refractivity contribution in [3.63, 3.8) is 0 Å². The lowest BCUT2D eigenvalue weighted by Gasteiger charge is -2.13. The third-order valence-corrected chi connectivity index (χ3v) is 2.17. The molecular weight excluding hydrogens is 216 g/mol. The normalized spacial score (nSPS) is 13.2. The van der Waals surface area contributed by atoms with Crippen molar-refractivity contribution in [3.05, 3.63) is 37.0 Å². The molecule has 0 fully saturated rings. The van der Waals surface area contributed by atoms with E-state index < -0.39 is 0 Å². The van der Waals surface area contributed by atoms with Crippen LogP contribution in [-0.4, -0.2) is 32.7 Å². The largest absolute Gasteiger partial charge is 0.379 e. The highest BCUT2D eigenvalue weighted by Crippen LogP contribution is 2.01. The van der Waals surface area contributed by atoms with Gasteiger partial charge in [-0.3, -0.25) is 0 Å². The first kappa shape index (κ1) is 15.8. The molecule has 0 aromatic carbocycles. The molecule has 0 heterocycles. The average molecular weight is 238 g/mol. The molecule has 0 spiro atoms. The maximum Gasteiger partial charge on any atom is 0.120 e. The van der Waals surface area contributed by atoms with Crippen LogP contribution in [0.25, 0.3) is 0 Å². The van der Waals surface area contributed by atoms with Crippen molar-refractivity contribution in [2.24, 2.45) is 0 Å². The van der Waals surface area contributed by atoms with Gasteiger partial charge in [0, 0.05) is 13.5 Å². The summed E-state index contributed by atoms with van der Waals surface area (Å²) in [6.45, 7) is 4.79. The second-order valence-electron chi connectivity index (χ2n) is 3.51. The van der Waals surface area contributed by atoms with Crippen LogP contribution in [0.15, 0.2) is 37.0 Å². The molecule has 0 N–H and O–H groups in total. The molecule has 0 aliphatic heterocycles. The van der Waals surface area contributed by atoms with Crippen LogP contribution in [-0.2, 0) is 14.3 Å². The van der Waals surface area contributed by atoms with Gasteiger partial charge in [-0.05, 0) is 12.8 Å². The molecular formula is C14H22O3. The minimum atomic E-state index is 0.0184. The third-order valence-electron chi connectivity index (χ3n) is 2.17. The Hall–Kier alpha value is -1.19. The Labute approximate surface area is 104 Å².